The fourth-order valence-electron chi connectivity index (χ4n) is 3.06. The molecule has 0 bridgehead atoms. The van der Waals surface area contributed by atoms with E-state index in [2.05, 4.69) is 54.8 Å². The summed E-state index contributed by atoms with van der Waals surface area (Å²) in [4.78, 5) is 11.2. The van der Waals surface area contributed by atoms with E-state index >= 15 is 0 Å². The zero-order valence-corrected chi connectivity index (χ0v) is 18.8. The van der Waals surface area contributed by atoms with Crippen LogP contribution >= 0.6 is 24.0 Å². The molecule has 148 valence electrons. The Labute approximate surface area is 177 Å². The van der Waals surface area contributed by atoms with Gasteiger partial charge in [-0.05, 0) is 38.3 Å². The number of halogens is 1. The van der Waals surface area contributed by atoms with Crippen molar-refractivity contribution in [2.24, 2.45) is 12.0 Å². The van der Waals surface area contributed by atoms with E-state index in [4.69, 9.17) is 0 Å². The molecule has 0 spiro atoms. The highest BCUT2D eigenvalue weighted by molar-refractivity contribution is 14.0. The number of guanidine groups is 1. The van der Waals surface area contributed by atoms with E-state index in [1.807, 2.05) is 24.7 Å². The topological polar surface area (TPSA) is 83.3 Å². The quantitative estimate of drug-likeness (QED) is 0.391. The molecule has 3 rings (SSSR count). The summed E-state index contributed by atoms with van der Waals surface area (Å²) in [6.07, 6.45) is 4.04. The summed E-state index contributed by atoms with van der Waals surface area (Å²) in [6, 6.07) is 4.63. The number of nitrogens with one attached hydrogen (secondary N) is 2. The van der Waals surface area contributed by atoms with Crippen LogP contribution in [-0.4, -0.2) is 51.9 Å². The molecule has 2 N–H and O–H groups in total. The maximum absolute atomic E-state index is 4.53. The molecule has 1 aliphatic heterocycles. The summed E-state index contributed by atoms with van der Waals surface area (Å²) >= 11 is 0. The van der Waals surface area contributed by atoms with Crippen molar-refractivity contribution in [3.63, 3.8) is 0 Å². The molecule has 1 saturated heterocycles. The van der Waals surface area contributed by atoms with Crippen molar-refractivity contribution in [2.45, 2.75) is 39.3 Å². The van der Waals surface area contributed by atoms with E-state index in [9.17, 15) is 0 Å². The number of aromatic nitrogens is 4. The lowest BCUT2D eigenvalue weighted by Crippen LogP contribution is -2.48. The molecule has 0 atom stereocenters. The third-order valence-electron chi connectivity index (χ3n) is 4.88. The van der Waals surface area contributed by atoms with Crippen LogP contribution in [0.1, 0.15) is 30.1 Å². The normalized spacial score (nSPS) is 15.4. The van der Waals surface area contributed by atoms with Gasteiger partial charge in [0.25, 0.3) is 0 Å². The molecule has 0 radical (unpaired) electrons. The van der Waals surface area contributed by atoms with Gasteiger partial charge in [0, 0.05) is 39.4 Å². The van der Waals surface area contributed by atoms with Crippen molar-refractivity contribution < 1.29 is 0 Å². The van der Waals surface area contributed by atoms with Crippen LogP contribution in [0.25, 0.3) is 0 Å². The smallest absolute Gasteiger partial charge is 0.191 e. The van der Waals surface area contributed by atoms with Gasteiger partial charge in [-0.25, -0.2) is 4.98 Å². The van der Waals surface area contributed by atoms with Crippen LogP contribution in [0.5, 0.6) is 0 Å². The molecule has 0 unspecified atom stereocenters. The highest BCUT2D eigenvalue weighted by Gasteiger charge is 2.21. The monoisotopic (exact) mass is 484 g/mol. The molecule has 9 heteroatoms. The Hall–Kier alpha value is -1.91. The van der Waals surface area contributed by atoms with Crippen molar-refractivity contribution in [1.29, 1.82) is 0 Å². The second-order valence-corrected chi connectivity index (χ2v) is 6.75. The molecule has 0 amide bonds. The summed E-state index contributed by atoms with van der Waals surface area (Å²) in [6.45, 7) is 6.59. The van der Waals surface area contributed by atoms with Gasteiger partial charge in [-0.1, -0.05) is 6.07 Å². The summed E-state index contributed by atoms with van der Waals surface area (Å²) in [5, 5.41) is 15.1. The number of anilines is 1. The molecule has 0 aromatic carbocycles. The number of rotatable bonds is 4. The van der Waals surface area contributed by atoms with Crippen LogP contribution in [0, 0.1) is 13.8 Å². The molecule has 0 aliphatic carbocycles. The van der Waals surface area contributed by atoms with Gasteiger partial charge >= 0.3 is 0 Å². The van der Waals surface area contributed by atoms with Crippen LogP contribution in [0.3, 0.4) is 0 Å². The largest absolute Gasteiger partial charge is 0.356 e. The van der Waals surface area contributed by atoms with Crippen LogP contribution in [-0.2, 0) is 13.6 Å². The molecule has 27 heavy (non-hydrogen) atoms. The number of aliphatic imine (C=N–C) groups is 1. The van der Waals surface area contributed by atoms with Gasteiger partial charge in [0.2, 0.25) is 0 Å². The highest BCUT2D eigenvalue weighted by atomic mass is 127. The van der Waals surface area contributed by atoms with Gasteiger partial charge in [0.05, 0.1) is 6.54 Å². The van der Waals surface area contributed by atoms with Crippen molar-refractivity contribution in [3.05, 3.63) is 35.5 Å². The maximum Gasteiger partial charge on any atom is 0.191 e. The molecule has 3 heterocycles. The van der Waals surface area contributed by atoms with E-state index in [0.717, 1.165) is 49.4 Å². The van der Waals surface area contributed by atoms with E-state index in [1.54, 1.807) is 7.05 Å². The SMILES string of the molecule is CN=C(NCc1nnc(C)n1C)NC1CCN(c2ccc(C)cn2)CC1.I. The first-order valence-corrected chi connectivity index (χ1v) is 9.06. The van der Waals surface area contributed by atoms with Gasteiger partial charge in [0.1, 0.15) is 11.6 Å². The lowest BCUT2D eigenvalue weighted by molar-refractivity contribution is 0.459. The summed E-state index contributed by atoms with van der Waals surface area (Å²) in [5.41, 5.74) is 1.19. The Morgan fingerprint density at radius 1 is 1.22 bits per heavy atom. The first kappa shape index (κ1) is 21.4. The average Bonchev–Trinajstić information content (AvgIpc) is 2.98. The van der Waals surface area contributed by atoms with Gasteiger partial charge < -0.3 is 20.1 Å². The van der Waals surface area contributed by atoms with Crippen molar-refractivity contribution in [1.82, 2.24) is 30.4 Å². The first-order chi connectivity index (χ1) is 12.6. The lowest BCUT2D eigenvalue weighted by atomic mass is 10.1. The maximum atomic E-state index is 4.53. The van der Waals surface area contributed by atoms with Crippen molar-refractivity contribution in [2.75, 3.05) is 25.0 Å². The predicted octanol–water partition coefficient (Wildman–Crippen LogP) is 1.78. The minimum atomic E-state index is 0. The van der Waals surface area contributed by atoms with Crippen LogP contribution in [0.15, 0.2) is 23.3 Å². The highest BCUT2D eigenvalue weighted by Crippen LogP contribution is 2.18. The molecular formula is C18H29IN8. The minimum absolute atomic E-state index is 0. The van der Waals surface area contributed by atoms with E-state index in [0.29, 0.717) is 12.6 Å². The van der Waals surface area contributed by atoms with Crippen LogP contribution in [0.4, 0.5) is 5.82 Å². The zero-order chi connectivity index (χ0) is 18.5. The molecule has 2 aromatic heterocycles. The zero-order valence-electron chi connectivity index (χ0n) is 16.4. The number of hydrogen-bond acceptors (Lipinski definition) is 5. The van der Waals surface area contributed by atoms with Crippen LogP contribution in [0.2, 0.25) is 0 Å². The number of nitrogens with zero attached hydrogens (tertiary/aromatic N) is 6. The lowest BCUT2D eigenvalue weighted by Gasteiger charge is -2.33. The molecular weight excluding hydrogens is 455 g/mol. The molecule has 1 aliphatic rings. The Kier molecular flexibility index (Phi) is 7.81. The number of piperidine rings is 1. The summed E-state index contributed by atoms with van der Waals surface area (Å²) < 4.78 is 1.98. The standard InChI is InChI=1S/C18H28N8.HI/c1-13-5-6-16(20-11-13)26-9-7-15(8-10-26)22-18(19-3)21-12-17-24-23-14(2)25(17)4;/h5-6,11,15H,7-10,12H2,1-4H3,(H2,19,21,22);1H. The van der Waals surface area contributed by atoms with Gasteiger partial charge in [-0.2, -0.15) is 0 Å². The van der Waals surface area contributed by atoms with Crippen molar-refractivity contribution >= 4 is 35.8 Å². The Balaban J connectivity index is 0.00000261. The Bertz CT molecular complexity index is 747. The summed E-state index contributed by atoms with van der Waals surface area (Å²) in [5.74, 6) is 3.67. The first-order valence-electron chi connectivity index (χ1n) is 9.06. The fraction of sp³-hybridized carbons (Fsp3) is 0.556. The second-order valence-electron chi connectivity index (χ2n) is 6.75. The molecule has 8 nitrogen and oxygen atoms in total. The third kappa shape index (κ3) is 5.53. The Morgan fingerprint density at radius 2 is 1.96 bits per heavy atom. The van der Waals surface area contributed by atoms with Gasteiger partial charge in [-0.15, -0.1) is 34.2 Å². The molecule has 0 saturated carbocycles. The fourth-order valence-corrected chi connectivity index (χ4v) is 3.06. The van der Waals surface area contributed by atoms with Gasteiger partial charge in [-0.3, -0.25) is 4.99 Å². The molecule has 1 fully saturated rings. The Morgan fingerprint density at radius 3 is 2.52 bits per heavy atom. The second kappa shape index (κ2) is 9.86. The number of pyridine rings is 1. The molecule has 2 aromatic rings. The van der Waals surface area contributed by atoms with Crippen molar-refractivity contribution in [3.8, 4) is 0 Å². The third-order valence-corrected chi connectivity index (χ3v) is 4.88. The average molecular weight is 484 g/mol. The van der Waals surface area contributed by atoms with E-state index < -0.39 is 0 Å². The number of hydrogen-bond donors (Lipinski definition) is 2. The number of aryl methyl sites for hydroxylation is 2. The van der Waals surface area contributed by atoms with Crippen LogP contribution < -0.4 is 15.5 Å². The van der Waals surface area contributed by atoms with E-state index in [1.165, 1.54) is 5.56 Å². The predicted molar refractivity (Wildman–Crippen MR) is 119 cm³/mol. The van der Waals surface area contributed by atoms with E-state index in [-0.39, 0.29) is 24.0 Å². The minimum Gasteiger partial charge on any atom is -0.356 e. The summed E-state index contributed by atoms with van der Waals surface area (Å²) in [7, 11) is 3.76. The van der Waals surface area contributed by atoms with Gasteiger partial charge in [0.15, 0.2) is 11.8 Å².